The minimum Gasteiger partial charge on any atom is -0.550 e. The second kappa shape index (κ2) is 5.60. The molecular formula is C7H13LiO4. The van der Waals surface area contributed by atoms with Gasteiger partial charge in [0.05, 0.1) is 5.60 Å². The molecule has 2 atom stereocenters. The van der Waals surface area contributed by atoms with E-state index in [1.807, 2.05) is 0 Å². The average Bonchev–Trinajstić information content (AvgIpc) is 1.83. The number of aliphatic hydroxyl groups excluding tert-OH is 1. The van der Waals surface area contributed by atoms with Gasteiger partial charge in [-0.3, -0.25) is 0 Å². The fourth-order valence-corrected chi connectivity index (χ4v) is 0.663. The second-order valence-electron chi connectivity index (χ2n) is 2.99. The summed E-state index contributed by atoms with van der Waals surface area (Å²) in [6, 6.07) is 0. The van der Waals surface area contributed by atoms with Crippen LogP contribution in [0.5, 0.6) is 0 Å². The fraction of sp³-hybridized carbons (Fsp3) is 0.857. The predicted molar refractivity (Wildman–Crippen MR) is 36.5 cm³/mol. The van der Waals surface area contributed by atoms with Gasteiger partial charge in [-0.05, 0) is 6.92 Å². The third-order valence-electron chi connectivity index (χ3n) is 1.84. The van der Waals surface area contributed by atoms with Gasteiger partial charge in [0.1, 0.15) is 0 Å². The van der Waals surface area contributed by atoms with Crippen molar-refractivity contribution in [2.45, 2.75) is 25.9 Å². The number of rotatable bonds is 4. The molecule has 4 nitrogen and oxygen atoms in total. The first-order valence-electron chi connectivity index (χ1n) is 3.43. The largest absolute Gasteiger partial charge is 1.00 e. The van der Waals surface area contributed by atoms with E-state index in [-0.39, 0.29) is 25.5 Å². The van der Waals surface area contributed by atoms with Gasteiger partial charge in [0.2, 0.25) is 0 Å². The van der Waals surface area contributed by atoms with Crippen molar-refractivity contribution in [3.05, 3.63) is 0 Å². The van der Waals surface area contributed by atoms with E-state index in [0.29, 0.717) is 0 Å². The summed E-state index contributed by atoms with van der Waals surface area (Å²) < 4.78 is 0. The molecule has 2 N–H and O–H groups in total. The zero-order chi connectivity index (χ0) is 9.07. The predicted octanol–water partition coefficient (Wildman–Crippen LogP) is -4.49. The maximum Gasteiger partial charge on any atom is 1.00 e. The first kappa shape index (κ1) is 14.5. The number of hydrogen-bond donors (Lipinski definition) is 2. The minimum absolute atomic E-state index is 0. The third kappa shape index (κ3) is 4.78. The molecule has 0 fully saturated rings. The molecular weight excluding hydrogens is 155 g/mol. The monoisotopic (exact) mass is 168 g/mol. The van der Waals surface area contributed by atoms with Crippen molar-refractivity contribution in [3.8, 4) is 0 Å². The summed E-state index contributed by atoms with van der Waals surface area (Å²) in [6.45, 7) is 2.70. The maximum absolute atomic E-state index is 10.1. The van der Waals surface area contributed by atoms with E-state index >= 15 is 0 Å². The average molecular weight is 168 g/mol. The molecule has 0 aliphatic carbocycles. The van der Waals surface area contributed by atoms with Crippen molar-refractivity contribution in [1.29, 1.82) is 0 Å². The Balaban J connectivity index is 0. The molecule has 0 radical (unpaired) electrons. The standard InChI is InChI=1S/C7H14O4.Li/c1-5(4-8)7(2,11)3-6(9)10;/h5,8,11H,3-4H2,1-2H3,(H,9,10);/q;+1/p-1. The van der Waals surface area contributed by atoms with Gasteiger partial charge in [0.15, 0.2) is 0 Å². The normalized spacial score (nSPS) is 17.3. The van der Waals surface area contributed by atoms with Crippen LogP contribution in [0.25, 0.3) is 0 Å². The Morgan fingerprint density at radius 2 is 2.08 bits per heavy atom. The maximum atomic E-state index is 10.1. The van der Waals surface area contributed by atoms with Crippen LogP contribution in [0, 0.1) is 5.92 Å². The van der Waals surface area contributed by atoms with E-state index < -0.39 is 23.9 Å². The van der Waals surface area contributed by atoms with Gasteiger partial charge in [0.25, 0.3) is 0 Å². The molecule has 12 heavy (non-hydrogen) atoms. The van der Waals surface area contributed by atoms with Crippen molar-refractivity contribution >= 4 is 5.97 Å². The van der Waals surface area contributed by atoms with Crippen LogP contribution in [0.1, 0.15) is 20.3 Å². The Bertz CT molecular complexity index is 146. The number of carbonyl (C=O) groups is 1. The molecule has 0 rings (SSSR count). The molecule has 66 valence electrons. The molecule has 5 heteroatoms. The van der Waals surface area contributed by atoms with Crippen molar-refractivity contribution in [2.75, 3.05) is 6.61 Å². The first-order chi connectivity index (χ1) is 4.90. The van der Waals surface area contributed by atoms with Gasteiger partial charge in [-0.1, -0.05) is 6.92 Å². The van der Waals surface area contributed by atoms with Gasteiger partial charge in [-0.15, -0.1) is 0 Å². The van der Waals surface area contributed by atoms with E-state index in [1.165, 1.54) is 6.92 Å². The van der Waals surface area contributed by atoms with E-state index in [9.17, 15) is 15.0 Å². The number of carboxylic acid groups (broad SMARTS) is 1. The molecule has 0 saturated carbocycles. The Morgan fingerprint density at radius 3 is 2.33 bits per heavy atom. The van der Waals surface area contributed by atoms with Crippen LogP contribution in [0.4, 0.5) is 0 Å². The zero-order valence-electron chi connectivity index (χ0n) is 7.70. The summed E-state index contributed by atoms with van der Waals surface area (Å²) in [6.07, 6.45) is -0.450. The number of carbonyl (C=O) groups excluding carboxylic acids is 1. The first-order valence-corrected chi connectivity index (χ1v) is 3.43. The minimum atomic E-state index is -1.38. The van der Waals surface area contributed by atoms with Crippen LogP contribution in [0.15, 0.2) is 0 Å². The topological polar surface area (TPSA) is 80.6 Å². The van der Waals surface area contributed by atoms with Crippen LogP contribution in [0.2, 0.25) is 0 Å². The molecule has 0 aromatic carbocycles. The fourth-order valence-electron chi connectivity index (χ4n) is 0.663. The molecule has 0 aromatic rings. The number of aliphatic carboxylic acids is 1. The van der Waals surface area contributed by atoms with Crippen LogP contribution < -0.4 is 24.0 Å². The molecule has 0 spiro atoms. The quantitative estimate of drug-likeness (QED) is 0.415. The Hall–Kier alpha value is -0.0126. The number of aliphatic hydroxyl groups is 2. The Kier molecular flexibility index (Phi) is 6.77. The van der Waals surface area contributed by atoms with Gasteiger partial charge < -0.3 is 20.1 Å². The summed E-state index contributed by atoms with van der Waals surface area (Å²) in [5, 5.41) is 28.1. The van der Waals surface area contributed by atoms with E-state index in [1.54, 1.807) is 6.92 Å². The Morgan fingerprint density at radius 1 is 1.67 bits per heavy atom. The van der Waals surface area contributed by atoms with Crippen molar-refractivity contribution in [1.82, 2.24) is 0 Å². The SMILES string of the molecule is CC(CO)C(C)(O)CC(=O)[O-].[Li+]. The molecule has 0 bridgehead atoms. The van der Waals surface area contributed by atoms with Crippen LogP contribution >= 0.6 is 0 Å². The van der Waals surface area contributed by atoms with E-state index in [2.05, 4.69) is 0 Å². The third-order valence-corrected chi connectivity index (χ3v) is 1.84. The van der Waals surface area contributed by atoms with Gasteiger partial charge in [0, 0.05) is 24.9 Å². The molecule has 0 aliphatic rings. The molecule has 0 aromatic heterocycles. The summed E-state index contributed by atoms with van der Waals surface area (Å²) in [5.74, 6) is -1.77. The van der Waals surface area contributed by atoms with E-state index in [0.717, 1.165) is 0 Å². The molecule has 0 heterocycles. The number of hydrogen-bond acceptors (Lipinski definition) is 4. The van der Waals surface area contributed by atoms with E-state index in [4.69, 9.17) is 5.11 Å². The van der Waals surface area contributed by atoms with Crippen LogP contribution in [-0.4, -0.2) is 28.4 Å². The summed E-state index contributed by atoms with van der Waals surface area (Å²) in [7, 11) is 0. The molecule has 2 unspecified atom stereocenters. The zero-order valence-corrected chi connectivity index (χ0v) is 7.70. The summed E-state index contributed by atoms with van der Waals surface area (Å²) in [5.41, 5.74) is -1.38. The summed E-state index contributed by atoms with van der Waals surface area (Å²) >= 11 is 0. The molecule has 0 aliphatic heterocycles. The number of carboxylic acids is 1. The second-order valence-corrected chi connectivity index (χ2v) is 2.99. The van der Waals surface area contributed by atoms with Gasteiger partial charge in [-0.25, -0.2) is 0 Å². The van der Waals surface area contributed by atoms with Crippen LogP contribution in [0.3, 0.4) is 0 Å². The Labute approximate surface area is 83.8 Å². The van der Waals surface area contributed by atoms with Crippen molar-refractivity contribution < 1.29 is 39.0 Å². The van der Waals surface area contributed by atoms with Crippen LogP contribution in [-0.2, 0) is 4.79 Å². The smallest absolute Gasteiger partial charge is 0.550 e. The summed E-state index contributed by atoms with van der Waals surface area (Å²) in [4.78, 5) is 10.1. The molecule has 0 saturated heterocycles. The van der Waals surface area contributed by atoms with Crippen molar-refractivity contribution in [3.63, 3.8) is 0 Å². The van der Waals surface area contributed by atoms with Gasteiger partial charge >= 0.3 is 18.9 Å². The van der Waals surface area contributed by atoms with Crippen molar-refractivity contribution in [2.24, 2.45) is 5.92 Å². The van der Waals surface area contributed by atoms with Gasteiger partial charge in [-0.2, -0.15) is 0 Å². The molecule has 0 amide bonds.